The van der Waals surface area contributed by atoms with E-state index >= 15 is 0 Å². The molecule has 0 aliphatic heterocycles. The van der Waals surface area contributed by atoms with Gasteiger partial charge in [-0.1, -0.05) is 29.8 Å². The van der Waals surface area contributed by atoms with Gasteiger partial charge in [-0.15, -0.1) is 0 Å². The lowest BCUT2D eigenvalue weighted by Gasteiger charge is -2.10. The number of aromatic nitrogens is 2. The predicted molar refractivity (Wildman–Crippen MR) is 86.7 cm³/mol. The maximum atomic E-state index is 4.65. The average Bonchev–Trinajstić information content (AvgIpc) is 3.31. The van der Waals surface area contributed by atoms with E-state index in [1.54, 1.807) is 0 Å². The van der Waals surface area contributed by atoms with Gasteiger partial charge in [-0.2, -0.15) is 0 Å². The van der Waals surface area contributed by atoms with Gasteiger partial charge >= 0.3 is 0 Å². The molecule has 0 atom stereocenters. The third-order valence-corrected chi connectivity index (χ3v) is 3.64. The second-order valence-corrected chi connectivity index (χ2v) is 5.64. The molecular weight excluding hydrogens is 260 g/mol. The quantitative estimate of drug-likeness (QED) is 0.848. The van der Waals surface area contributed by atoms with E-state index in [-0.39, 0.29) is 0 Å². The second-order valence-electron chi connectivity index (χ2n) is 5.64. The number of hydrogen-bond acceptors (Lipinski definition) is 4. The fourth-order valence-electron chi connectivity index (χ4n) is 2.25. The summed E-state index contributed by atoms with van der Waals surface area (Å²) in [7, 11) is 0. The van der Waals surface area contributed by atoms with Gasteiger partial charge < -0.3 is 10.6 Å². The molecule has 0 radical (unpaired) electrons. The minimum absolute atomic E-state index is 0.559. The Morgan fingerprint density at radius 2 is 1.71 bits per heavy atom. The molecule has 2 N–H and O–H groups in total. The highest BCUT2D eigenvalue weighted by molar-refractivity contribution is 5.48. The van der Waals surface area contributed by atoms with E-state index in [0.717, 1.165) is 30.5 Å². The minimum Gasteiger partial charge on any atom is -0.370 e. The zero-order chi connectivity index (χ0) is 14.7. The van der Waals surface area contributed by atoms with Gasteiger partial charge in [0.15, 0.2) is 0 Å². The number of aryl methyl sites for hydroxylation is 1. The summed E-state index contributed by atoms with van der Waals surface area (Å²) >= 11 is 0. The summed E-state index contributed by atoms with van der Waals surface area (Å²) < 4.78 is 0. The molecule has 1 saturated carbocycles. The number of benzene rings is 1. The van der Waals surface area contributed by atoms with Crippen LogP contribution in [-0.2, 0) is 6.54 Å². The molecule has 2 aromatic rings. The van der Waals surface area contributed by atoms with Crippen LogP contribution in [0, 0.1) is 6.92 Å². The second kappa shape index (κ2) is 6.12. The highest BCUT2D eigenvalue weighted by atomic mass is 15.1. The SMILES string of the molecule is CCNc1cc(NCc2ccc(C)cc2)nc(C2CC2)n1. The maximum Gasteiger partial charge on any atom is 0.136 e. The number of hydrogen-bond donors (Lipinski definition) is 2. The number of nitrogens with zero attached hydrogens (tertiary/aromatic N) is 2. The van der Waals surface area contributed by atoms with Crippen LogP contribution in [0.25, 0.3) is 0 Å². The van der Waals surface area contributed by atoms with Gasteiger partial charge in [-0.05, 0) is 32.3 Å². The van der Waals surface area contributed by atoms with Crippen LogP contribution in [0.5, 0.6) is 0 Å². The van der Waals surface area contributed by atoms with Crippen LogP contribution in [-0.4, -0.2) is 16.5 Å². The van der Waals surface area contributed by atoms with Gasteiger partial charge in [0, 0.05) is 25.1 Å². The Labute approximate surface area is 126 Å². The van der Waals surface area contributed by atoms with Gasteiger partial charge in [0.25, 0.3) is 0 Å². The molecule has 0 spiro atoms. The van der Waals surface area contributed by atoms with Crippen molar-refractivity contribution < 1.29 is 0 Å². The molecular formula is C17H22N4. The van der Waals surface area contributed by atoms with Crippen molar-refractivity contribution in [2.45, 2.75) is 39.2 Å². The first-order valence-electron chi connectivity index (χ1n) is 7.67. The molecule has 1 aliphatic rings. The van der Waals surface area contributed by atoms with E-state index in [0.29, 0.717) is 5.92 Å². The summed E-state index contributed by atoms with van der Waals surface area (Å²) in [5, 5.41) is 6.70. The number of anilines is 2. The Balaban J connectivity index is 1.72. The smallest absolute Gasteiger partial charge is 0.136 e. The molecule has 0 bridgehead atoms. The van der Waals surface area contributed by atoms with Crippen molar-refractivity contribution in [2.24, 2.45) is 0 Å². The fourth-order valence-corrected chi connectivity index (χ4v) is 2.25. The predicted octanol–water partition coefficient (Wildman–Crippen LogP) is 3.71. The van der Waals surface area contributed by atoms with E-state index in [1.165, 1.54) is 24.0 Å². The van der Waals surface area contributed by atoms with Crippen molar-refractivity contribution in [2.75, 3.05) is 17.2 Å². The third-order valence-electron chi connectivity index (χ3n) is 3.64. The third kappa shape index (κ3) is 3.72. The number of rotatable bonds is 6. The molecule has 4 heteroatoms. The molecule has 0 unspecified atom stereocenters. The molecule has 110 valence electrons. The van der Waals surface area contributed by atoms with Crippen LogP contribution < -0.4 is 10.6 Å². The maximum absolute atomic E-state index is 4.65. The van der Waals surface area contributed by atoms with Crippen molar-refractivity contribution >= 4 is 11.6 Å². The topological polar surface area (TPSA) is 49.8 Å². The molecule has 0 saturated heterocycles. The highest BCUT2D eigenvalue weighted by Gasteiger charge is 2.27. The fraction of sp³-hybridized carbons (Fsp3) is 0.412. The highest BCUT2D eigenvalue weighted by Crippen LogP contribution is 2.38. The van der Waals surface area contributed by atoms with E-state index in [1.807, 2.05) is 6.07 Å². The van der Waals surface area contributed by atoms with Crippen molar-refractivity contribution in [1.29, 1.82) is 0 Å². The molecule has 1 aliphatic carbocycles. The monoisotopic (exact) mass is 282 g/mol. The molecule has 1 aromatic heterocycles. The Kier molecular flexibility index (Phi) is 4.04. The summed E-state index contributed by atoms with van der Waals surface area (Å²) in [6, 6.07) is 10.6. The van der Waals surface area contributed by atoms with Crippen molar-refractivity contribution in [3.05, 3.63) is 47.3 Å². The summed E-state index contributed by atoms with van der Waals surface area (Å²) in [5.41, 5.74) is 2.54. The molecule has 21 heavy (non-hydrogen) atoms. The van der Waals surface area contributed by atoms with Crippen LogP contribution in [0.3, 0.4) is 0 Å². The lowest BCUT2D eigenvalue weighted by Crippen LogP contribution is -2.07. The summed E-state index contributed by atoms with van der Waals surface area (Å²) in [6.07, 6.45) is 2.43. The average molecular weight is 282 g/mol. The van der Waals surface area contributed by atoms with Gasteiger partial charge in [0.05, 0.1) is 0 Å². The normalized spacial score (nSPS) is 14.0. The van der Waals surface area contributed by atoms with Crippen molar-refractivity contribution in [3.63, 3.8) is 0 Å². The molecule has 1 aromatic carbocycles. The zero-order valence-electron chi connectivity index (χ0n) is 12.7. The van der Waals surface area contributed by atoms with Crippen molar-refractivity contribution in [1.82, 2.24) is 9.97 Å². The Morgan fingerprint density at radius 1 is 1.05 bits per heavy atom. The first-order chi connectivity index (χ1) is 10.2. The van der Waals surface area contributed by atoms with Gasteiger partial charge in [0.1, 0.15) is 17.5 Å². The minimum atomic E-state index is 0.559. The first kappa shape index (κ1) is 13.9. The summed E-state index contributed by atoms with van der Waals surface area (Å²) in [5.74, 6) is 3.35. The van der Waals surface area contributed by atoms with E-state index in [9.17, 15) is 0 Å². The molecule has 1 fully saturated rings. The van der Waals surface area contributed by atoms with Crippen LogP contribution >= 0.6 is 0 Å². The van der Waals surface area contributed by atoms with Gasteiger partial charge in [-0.25, -0.2) is 9.97 Å². The first-order valence-corrected chi connectivity index (χ1v) is 7.67. The zero-order valence-corrected chi connectivity index (χ0v) is 12.7. The standard InChI is InChI=1S/C17H22N4/c1-3-18-15-10-16(21-17(20-15)14-8-9-14)19-11-13-6-4-12(2)5-7-13/h4-7,10,14H,3,8-9,11H2,1-2H3,(H2,18,19,20,21). The lowest BCUT2D eigenvalue weighted by molar-refractivity contribution is 0.918. The summed E-state index contributed by atoms with van der Waals surface area (Å²) in [4.78, 5) is 9.24. The summed E-state index contributed by atoms with van der Waals surface area (Å²) in [6.45, 7) is 5.84. The lowest BCUT2D eigenvalue weighted by atomic mass is 10.1. The van der Waals surface area contributed by atoms with E-state index < -0.39 is 0 Å². The van der Waals surface area contributed by atoms with E-state index in [2.05, 4.69) is 58.7 Å². The van der Waals surface area contributed by atoms with Gasteiger partial charge in [-0.3, -0.25) is 0 Å². The molecule has 0 amide bonds. The van der Waals surface area contributed by atoms with E-state index in [4.69, 9.17) is 0 Å². The molecule has 4 nitrogen and oxygen atoms in total. The molecule has 1 heterocycles. The van der Waals surface area contributed by atoms with Crippen LogP contribution in [0.1, 0.15) is 42.6 Å². The Bertz CT molecular complexity index is 603. The number of nitrogens with one attached hydrogen (secondary N) is 2. The van der Waals surface area contributed by atoms with Crippen LogP contribution in [0.4, 0.5) is 11.6 Å². The largest absolute Gasteiger partial charge is 0.370 e. The Morgan fingerprint density at radius 3 is 2.33 bits per heavy atom. The Hall–Kier alpha value is -2.10. The van der Waals surface area contributed by atoms with Crippen molar-refractivity contribution in [3.8, 4) is 0 Å². The van der Waals surface area contributed by atoms with Crippen LogP contribution in [0.2, 0.25) is 0 Å². The molecule has 3 rings (SSSR count). The van der Waals surface area contributed by atoms with Gasteiger partial charge in [0.2, 0.25) is 0 Å². The van der Waals surface area contributed by atoms with Crippen LogP contribution in [0.15, 0.2) is 30.3 Å².